The first-order valence-electron chi connectivity index (χ1n) is 7.05. The number of carbonyl (C=O) groups excluding carboxylic acids is 2. The molecule has 1 saturated heterocycles. The molecule has 0 aromatic heterocycles. The monoisotopic (exact) mass is 310 g/mol. The molecule has 0 spiro atoms. The van der Waals surface area contributed by atoms with E-state index in [1.54, 1.807) is 0 Å². The third kappa shape index (κ3) is 3.20. The molecule has 1 aromatic rings. The van der Waals surface area contributed by atoms with Crippen LogP contribution in [0.5, 0.6) is 0 Å². The smallest absolute Gasteiger partial charge is 0.243 e. The number of rotatable bonds is 5. The molecule has 0 bridgehead atoms. The first-order valence-corrected chi connectivity index (χ1v) is 7.93. The Kier molecular flexibility index (Phi) is 4.88. The fourth-order valence-corrected chi connectivity index (χ4v) is 3.65. The lowest BCUT2D eigenvalue weighted by Gasteiger charge is -2.24. The molecule has 1 aromatic carbocycles. The Morgan fingerprint density at radius 1 is 1.38 bits per heavy atom. The van der Waals surface area contributed by atoms with E-state index in [4.69, 9.17) is 5.73 Å². The lowest BCUT2D eigenvalue weighted by Crippen LogP contribution is -2.40. The third-order valence-electron chi connectivity index (χ3n) is 3.69. The number of nitrogens with two attached hydrogens (primary N) is 1. The minimum Gasteiger partial charge on any atom is -0.398 e. The highest BCUT2D eigenvalue weighted by Crippen LogP contribution is 2.36. The van der Waals surface area contributed by atoms with Crippen LogP contribution in [0.2, 0.25) is 0 Å². The normalized spacial score (nSPS) is 18.9. The van der Waals surface area contributed by atoms with Crippen molar-refractivity contribution in [1.82, 2.24) is 4.90 Å². The lowest BCUT2D eigenvalue weighted by molar-refractivity contribution is -0.141. The summed E-state index contributed by atoms with van der Waals surface area (Å²) in [6.45, 7) is 3.92. The van der Waals surface area contributed by atoms with Crippen LogP contribution in [0, 0.1) is 5.82 Å². The number of carbonyl (C=O) groups is 2. The minimum absolute atomic E-state index is 0.0551. The second-order valence-corrected chi connectivity index (χ2v) is 6.31. The summed E-state index contributed by atoms with van der Waals surface area (Å²) in [7, 11) is 0. The first kappa shape index (κ1) is 15.8. The molecule has 6 heteroatoms. The number of thioether (sulfide) groups is 1. The maximum atomic E-state index is 13.3. The molecule has 1 aliphatic heterocycles. The predicted octanol–water partition coefficient (Wildman–Crippen LogP) is 2.82. The fourth-order valence-electron chi connectivity index (χ4n) is 2.52. The number of anilines is 1. The van der Waals surface area contributed by atoms with E-state index < -0.39 is 11.1 Å². The van der Waals surface area contributed by atoms with Gasteiger partial charge in [0.05, 0.1) is 5.25 Å². The van der Waals surface area contributed by atoms with Crippen molar-refractivity contribution < 1.29 is 14.0 Å². The van der Waals surface area contributed by atoms with E-state index in [1.165, 1.54) is 34.9 Å². The van der Waals surface area contributed by atoms with Crippen LogP contribution in [0.1, 0.15) is 33.1 Å². The molecule has 2 N–H and O–H groups in total. The molecule has 0 saturated carbocycles. The van der Waals surface area contributed by atoms with Gasteiger partial charge in [-0.15, -0.1) is 11.8 Å². The van der Waals surface area contributed by atoms with E-state index in [0.29, 0.717) is 10.6 Å². The Morgan fingerprint density at radius 3 is 2.67 bits per heavy atom. The SMILES string of the molecule is CCC(CC)N1C(=O)CC(Sc2cc(F)ccc2N)C1=O. The van der Waals surface area contributed by atoms with Gasteiger partial charge in [0.2, 0.25) is 11.8 Å². The maximum absolute atomic E-state index is 13.3. The van der Waals surface area contributed by atoms with E-state index in [2.05, 4.69) is 0 Å². The number of likely N-dealkylation sites (tertiary alicyclic amines) is 1. The van der Waals surface area contributed by atoms with Crippen LogP contribution in [0.4, 0.5) is 10.1 Å². The van der Waals surface area contributed by atoms with Crippen molar-refractivity contribution in [2.45, 2.75) is 49.3 Å². The Balaban J connectivity index is 2.17. The lowest BCUT2D eigenvalue weighted by atomic mass is 10.1. The zero-order chi connectivity index (χ0) is 15.6. The Bertz CT molecular complexity index is 561. The van der Waals surface area contributed by atoms with E-state index in [1.807, 2.05) is 13.8 Å². The van der Waals surface area contributed by atoms with E-state index in [-0.39, 0.29) is 24.3 Å². The van der Waals surface area contributed by atoms with Gasteiger partial charge < -0.3 is 5.73 Å². The molecular formula is C15H19FN2O2S. The molecule has 1 unspecified atom stereocenters. The van der Waals surface area contributed by atoms with Gasteiger partial charge >= 0.3 is 0 Å². The van der Waals surface area contributed by atoms with Gasteiger partial charge in [-0.25, -0.2) is 4.39 Å². The van der Waals surface area contributed by atoms with Crippen LogP contribution in [-0.2, 0) is 9.59 Å². The van der Waals surface area contributed by atoms with Crippen LogP contribution in [-0.4, -0.2) is 28.0 Å². The summed E-state index contributed by atoms with van der Waals surface area (Å²) in [6.07, 6.45) is 1.64. The molecule has 0 aliphatic carbocycles. The maximum Gasteiger partial charge on any atom is 0.243 e. The number of amides is 2. The topological polar surface area (TPSA) is 63.4 Å². The average Bonchev–Trinajstić information content (AvgIpc) is 2.72. The number of halogens is 1. The van der Waals surface area contributed by atoms with Crippen molar-refractivity contribution in [2.24, 2.45) is 0 Å². The quantitative estimate of drug-likeness (QED) is 0.671. The third-order valence-corrected chi connectivity index (χ3v) is 4.95. The molecule has 1 atom stereocenters. The summed E-state index contributed by atoms with van der Waals surface area (Å²) in [6, 6.07) is 3.99. The van der Waals surface area contributed by atoms with Crippen molar-refractivity contribution >= 4 is 29.3 Å². The summed E-state index contributed by atoms with van der Waals surface area (Å²) in [5, 5.41) is -0.512. The highest BCUT2D eigenvalue weighted by molar-refractivity contribution is 8.00. The molecule has 2 rings (SSSR count). The second-order valence-electron chi connectivity index (χ2n) is 5.07. The summed E-state index contributed by atoms with van der Waals surface area (Å²) in [4.78, 5) is 26.4. The molecule has 21 heavy (non-hydrogen) atoms. The van der Waals surface area contributed by atoms with Crippen molar-refractivity contribution in [3.05, 3.63) is 24.0 Å². The number of nitrogen functional groups attached to an aromatic ring is 1. The zero-order valence-corrected chi connectivity index (χ0v) is 13.0. The molecule has 1 heterocycles. The zero-order valence-electron chi connectivity index (χ0n) is 12.1. The van der Waals surface area contributed by atoms with Crippen LogP contribution in [0.3, 0.4) is 0 Å². The largest absolute Gasteiger partial charge is 0.398 e. The Labute approximate surface area is 127 Å². The van der Waals surface area contributed by atoms with Gasteiger partial charge in [0.15, 0.2) is 0 Å². The molecule has 2 amide bonds. The minimum atomic E-state index is -0.512. The van der Waals surface area contributed by atoms with Crippen LogP contribution in [0.15, 0.2) is 23.1 Å². The molecule has 4 nitrogen and oxygen atoms in total. The molecule has 114 valence electrons. The number of hydrogen-bond acceptors (Lipinski definition) is 4. The highest BCUT2D eigenvalue weighted by atomic mass is 32.2. The van der Waals surface area contributed by atoms with E-state index in [9.17, 15) is 14.0 Å². The molecule has 1 fully saturated rings. The van der Waals surface area contributed by atoms with Gasteiger partial charge in [-0.05, 0) is 31.0 Å². The summed E-state index contributed by atoms with van der Waals surface area (Å²) >= 11 is 1.17. The number of imide groups is 1. The van der Waals surface area contributed by atoms with Gasteiger partial charge in [-0.2, -0.15) is 0 Å². The van der Waals surface area contributed by atoms with Gasteiger partial charge in [0.1, 0.15) is 5.82 Å². The van der Waals surface area contributed by atoms with Crippen LogP contribution in [0.25, 0.3) is 0 Å². The van der Waals surface area contributed by atoms with Gasteiger partial charge in [-0.3, -0.25) is 14.5 Å². The average molecular weight is 310 g/mol. The predicted molar refractivity (Wildman–Crippen MR) is 81.3 cm³/mol. The van der Waals surface area contributed by atoms with Crippen LogP contribution >= 0.6 is 11.8 Å². The molecular weight excluding hydrogens is 291 g/mol. The van der Waals surface area contributed by atoms with E-state index >= 15 is 0 Å². The Morgan fingerprint density at radius 2 is 2.05 bits per heavy atom. The first-order chi connectivity index (χ1) is 9.97. The summed E-state index contributed by atoms with van der Waals surface area (Å²) < 4.78 is 13.3. The van der Waals surface area contributed by atoms with Crippen molar-refractivity contribution in [3.8, 4) is 0 Å². The second kappa shape index (κ2) is 6.47. The van der Waals surface area contributed by atoms with Gasteiger partial charge in [-0.1, -0.05) is 13.8 Å². The van der Waals surface area contributed by atoms with Crippen molar-refractivity contribution in [1.29, 1.82) is 0 Å². The fraction of sp³-hybridized carbons (Fsp3) is 0.467. The number of benzene rings is 1. The summed E-state index contributed by atoms with van der Waals surface area (Å²) in [5.41, 5.74) is 6.22. The molecule has 0 radical (unpaired) electrons. The molecule has 1 aliphatic rings. The number of hydrogen-bond donors (Lipinski definition) is 1. The number of nitrogens with zero attached hydrogens (tertiary/aromatic N) is 1. The van der Waals surface area contributed by atoms with Gasteiger partial charge in [0.25, 0.3) is 0 Å². The Hall–Kier alpha value is -1.56. The van der Waals surface area contributed by atoms with E-state index in [0.717, 1.165) is 12.8 Å². The van der Waals surface area contributed by atoms with Crippen molar-refractivity contribution in [3.63, 3.8) is 0 Å². The standard InChI is InChI=1S/C15H19FN2O2S/c1-3-10(4-2)18-14(19)8-13(15(18)20)21-12-7-9(16)5-6-11(12)17/h5-7,10,13H,3-4,8,17H2,1-2H3. The van der Waals surface area contributed by atoms with Gasteiger partial charge in [0, 0.05) is 23.0 Å². The summed E-state index contributed by atoms with van der Waals surface area (Å²) in [5.74, 6) is -0.746. The highest BCUT2D eigenvalue weighted by Gasteiger charge is 2.42. The van der Waals surface area contributed by atoms with Crippen LogP contribution < -0.4 is 5.73 Å². The van der Waals surface area contributed by atoms with Crippen molar-refractivity contribution in [2.75, 3.05) is 5.73 Å².